The Morgan fingerprint density at radius 3 is 2.81 bits per heavy atom. The molecule has 0 bridgehead atoms. The van der Waals surface area contributed by atoms with E-state index in [1.807, 2.05) is 0 Å². The molecule has 1 heterocycles. The normalized spacial score (nSPS) is 17.2. The summed E-state index contributed by atoms with van der Waals surface area (Å²) in [6, 6.07) is 7.02. The van der Waals surface area contributed by atoms with Crippen LogP contribution in [0.3, 0.4) is 0 Å². The highest BCUT2D eigenvalue weighted by atomic mass is 35.5. The van der Waals surface area contributed by atoms with Gasteiger partial charge in [-0.15, -0.1) is 0 Å². The molecule has 7 nitrogen and oxygen atoms in total. The highest BCUT2D eigenvalue weighted by Crippen LogP contribution is 2.16. The molecule has 0 radical (unpaired) electrons. The molecule has 1 fully saturated rings. The van der Waals surface area contributed by atoms with E-state index in [9.17, 15) is 4.79 Å². The number of benzene rings is 1. The number of halogens is 1. The van der Waals surface area contributed by atoms with Crippen LogP contribution in [0, 0.1) is 5.92 Å². The third-order valence-electron chi connectivity index (χ3n) is 4.39. The van der Waals surface area contributed by atoms with Crippen LogP contribution < -0.4 is 10.6 Å². The molecule has 1 saturated heterocycles. The molecule has 1 amide bonds. The highest BCUT2D eigenvalue weighted by molar-refractivity contribution is 6.33. The first-order valence-electron chi connectivity index (χ1n) is 9.20. The van der Waals surface area contributed by atoms with Gasteiger partial charge in [0.25, 0.3) is 5.91 Å². The van der Waals surface area contributed by atoms with Crippen LogP contribution in [0.25, 0.3) is 0 Å². The number of methoxy groups -OCH3 is 1. The molecule has 0 saturated carbocycles. The second-order valence-electron chi connectivity index (χ2n) is 6.38. The maximum Gasteiger partial charge on any atom is 0.252 e. The summed E-state index contributed by atoms with van der Waals surface area (Å²) < 4.78 is 10.6. The van der Waals surface area contributed by atoms with E-state index in [1.165, 1.54) is 0 Å². The lowest BCUT2D eigenvalue weighted by molar-refractivity contribution is 0.0536. The van der Waals surface area contributed by atoms with E-state index in [-0.39, 0.29) is 5.91 Å². The number of nitrogens with zero attached hydrogens (tertiary/aromatic N) is 2. The van der Waals surface area contributed by atoms with Crippen molar-refractivity contribution in [2.45, 2.75) is 6.42 Å². The first-order valence-corrected chi connectivity index (χ1v) is 9.58. The maximum absolute atomic E-state index is 12.1. The number of aliphatic imine (C=N–C) groups is 1. The molecule has 1 aromatic rings. The summed E-state index contributed by atoms with van der Waals surface area (Å²) in [7, 11) is 3.44. The van der Waals surface area contributed by atoms with Crippen LogP contribution in [0.1, 0.15) is 16.8 Å². The SMILES string of the molecule is CN=C(NCCNC(=O)c1ccccc1Cl)N1CCC(COCCOC)C1. The summed E-state index contributed by atoms with van der Waals surface area (Å²) in [6.07, 6.45) is 1.08. The molecule has 1 unspecified atom stereocenters. The number of ether oxygens (including phenoxy) is 2. The van der Waals surface area contributed by atoms with E-state index in [0.29, 0.717) is 42.8 Å². The number of guanidine groups is 1. The largest absolute Gasteiger partial charge is 0.382 e. The van der Waals surface area contributed by atoms with Gasteiger partial charge >= 0.3 is 0 Å². The molecule has 2 N–H and O–H groups in total. The van der Waals surface area contributed by atoms with Gasteiger partial charge in [-0.1, -0.05) is 23.7 Å². The van der Waals surface area contributed by atoms with Crippen molar-refractivity contribution in [1.29, 1.82) is 0 Å². The summed E-state index contributed by atoms with van der Waals surface area (Å²) in [6.45, 7) is 4.94. The van der Waals surface area contributed by atoms with Crippen LogP contribution in [0.2, 0.25) is 5.02 Å². The zero-order valence-electron chi connectivity index (χ0n) is 16.0. The Labute approximate surface area is 166 Å². The van der Waals surface area contributed by atoms with Gasteiger partial charge in [-0.2, -0.15) is 0 Å². The van der Waals surface area contributed by atoms with E-state index >= 15 is 0 Å². The van der Waals surface area contributed by atoms with Crippen LogP contribution in [0.5, 0.6) is 0 Å². The molecule has 150 valence electrons. The van der Waals surface area contributed by atoms with Crippen molar-refractivity contribution in [3.63, 3.8) is 0 Å². The third kappa shape index (κ3) is 7.01. The van der Waals surface area contributed by atoms with Crippen molar-refractivity contribution in [3.05, 3.63) is 34.9 Å². The van der Waals surface area contributed by atoms with Crippen molar-refractivity contribution in [2.75, 3.05) is 60.2 Å². The number of nitrogens with one attached hydrogen (secondary N) is 2. The quantitative estimate of drug-likeness (QED) is 0.377. The minimum Gasteiger partial charge on any atom is -0.382 e. The topological polar surface area (TPSA) is 75.2 Å². The third-order valence-corrected chi connectivity index (χ3v) is 4.72. The lowest BCUT2D eigenvalue weighted by Crippen LogP contribution is -2.43. The number of hydrogen-bond donors (Lipinski definition) is 2. The van der Waals surface area contributed by atoms with Crippen molar-refractivity contribution in [1.82, 2.24) is 15.5 Å². The second-order valence-corrected chi connectivity index (χ2v) is 6.79. The van der Waals surface area contributed by atoms with E-state index in [0.717, 1.165) is 32.1 Å². The average Bonchev–Trinajstić information content (AvgIpc) is 3.14. The van der Waals surface area contributed by atoms with Crippen LogP contribution in [-0.4, -0.2) is 76.9 Å². The van der Waals surface area contributed by atoms with Crippen LogP contribution in [0.4, 0.5) is 0 Å². The van der Waals surface area contributed by atoms with Crippen LogP contribution >= 0.6 is 11.6 Å². The predicted molar refractivity (Wildman–Crippen MR) is 108 cm³/mol. The summed E-state index contributed by atoms with van der Waals surface area (Å²) in [5, 5.41) is 6.62. The van der Waals surface area contributed by atoms with E-state index in [2.05, 4.69) is 20.5 Å². The molecule has 1 aromatic carbocycles. The zero-order valence-corrected chi connectivity index (χ0v) is 16.8. The molecular weight excluding hydrogens is 368 g/mol. The predicted octanol–water partition coefficient (Wildman–Crippen LogP) is 1.63. The van der Waals surface area contributed by atoms with Gasteiger partial charge in [-0.05, 0) is 18.6 Å². The van der Waals surface area contributed by atoms with Crippen LogP contribution in [-0.2, 0) is 9.47 Å². The summed E-state index contributed by atoms with van der Waals surface area (Å²) in [5.41, 5.74) is 0.486. The fraction of sp³-hybridized carbons (Fsp3) is 0.579. The first kappa shape index (κ1) is 21.5. The van der Waals surface area contributed by atoms with Gasteiger partial charge in [0.2, 0.25) is 0 Å². The Hall–Kier alpha value is -1.83. The number of rotatable bonds is 9. The Balaban J connectivity index is 1.67. The lowest BCUT2D eigenvalue weighted by Gasteiger charge is -2.22. The standard InChI is InChI=1S/C19H29ClN4O3/c1-21-19(24-10-7-15(13-24)14-27-12-11-26-2)23-9-8-22-18(25)16-5-3-4-6-17(16)20/h3-6,15H,7-14H2,1-2H3,(H,21,23)(H,22,25). The highest BCUT2D eigenvalue weighted by Gasteiger charge is 2.24. The number of carbonyl (C=O) groups excluding carboxylic acids is 1. The van der Waals surface area contributed by atoms with Crippen molar-refractivity contribution in [3.8, 4) is 0 Å². The molecule has 0 aliphatic carbocycles. The Bertz CT molecular complexity index is 627. The maximum atomic E-state index is 12.1. The monoisotopic (exact) mass is 396 g/mol. The summed E-state index contributed by atoms with van der Waals surface area (Å²) >= 11 is 6.04. The molecule has 1 atom stereocenters. The second kappa shape index (κ2) is 11.8. The zero-order chi connectivity index (χ0) is 19.5. The fourth-order valence-electron chi connectivity index (χ4n) is 2.98. The summed E-state index contributed by atoms with van der Waals surface area (Å²) in [5.74, 6) is 1.17. The van der Waals surface area contributed by atoms with Crippen molar-refractivity contribution >= 4 is 23.5 Å². The van der Waals surface area contributed by atoms with E-state index < -0.39 is 0 Å². The van der Waals surface area contributed by atoms with Gasteiger partial charge < -0.3 is 25.0 Å². The van der Waals surface area contributed by atoms with Crippen molar-refractivity contribution < 1.29 is 14.3 Å². The smallest absolute Gasteiger partial charge is 0.252 e. The van der Waals surface area contributed by atoms with Crippen LogP contribution in [0.15, 0.2) is 29.3 Å². The minimum atomic E-state index is -0.174. The van der Waals surface area contributed by atoms with E-state index in [1.54, 1.807) is 38.4 Å². The molecule has 0 aromatic heterocycles. The van der Waals surface area contributed by atoms with E-state index in [4.69, 9.17) is 21.1 Å². The van der Waals surface area contributed by atoms with Gasteiger partial charge in [0.05, 0.1) is 30.4 Å². The van der Waals surface area contributed by atoms with Gasteiger partial charge in [0.1, 0.15) is 0 Å². The lowest BCUT2D eigenvalue weighted by atomic mass is 10.1. The summed E-state index contributed by atoms with van der Waals surface area (Å²) in [4.78, 5) is 18.7. The van der Waals surface area contributed by atoms with Gasteiger partial charge in [0, 0.05) is 46.3 Å². The van der Waals surface area contributed by atoms with Gasteiger partial charge in [-0.25, -0.2) is 0 Å². The molecule has 1 aliphatic rings. The number of carbonyl (C=O) groups is 1. The van der Waals surface area contributed by atoms with Gasteiger partial charge in [-0.3, -0.25) is 9.79 Å². The molecule has 1 aliphatic heterocycles. The fourth-order valence-corrected chi connectivity index (χ4v) is 3.20. The molecular formula is C19H29ClN4O3. The molecule has 8 heteroatoms. The molecule has 0 spiro atoms. The Kier molecular flexibility index (Phi) is 9.38. The first-order chi connectivity index (χ1) is 13.2. The van der Waals surface area contributed by atoms with Gasteiger partial charge in [0.15, 0.2) is 5.96 Å². The number of likely N-dealkylation sites (tertiary alicyclic amines) is 1. The molecule has 2 rings (SSSR count). The molecule has 27 heavy (non-hydrogen) atoms. The number of hydrogen-bond acceptors (Lipinski definition) is 4. The Morgan fingerprint density at radius 1 is 1.30 bits per heavy atom. The minimum absolute atomic E-state index is 0.174. The Morgan fingerprint density at radius 2 is 2.07 bits per heavy atom. The van der Waals surface area contributed by atoms with Crippen molar-refractivity contribution in [2.24, 2.45) is 10.9 Å². The number of amides is 1. The average molecular weight is 397 g/mol.